The molecule has 0 fully saturated rings. The first-order valence-electron chi connectivity index (χ1n) is 6.08. The van der Waals surface area contributed by atoms with Gasteiger partial charge in [-0.2, -0.15) is 0 Å². The number of carbonyl (C=O) groups excluding carboxylic acids is 1. The number of primary sulfonamides is 1. The minimum absolute atomic E-state index is 0.0364. The third-order valence-electron chi connectivity index (χ3n) is 2.57. The van der Waals surface area contributed by atoms with E-state index in [0.29, 0.717) is 11.3 Å². The van der Waals surface area contributed by atoms with E-state index < -0.39 is 21.1 Å². The Morgan fingerprint density at radius 3 is 2.16 bits per heavy atom. The predicted molar refractivity (Wildman–Crippen MR) is 73.7 cm³/mol. The van der Waals surface area contributed by atoms with Crippen LogP contribution in [0.1, 0.15) is 37.6 Å². The van der Waals surface area contributed by atoms with Crippen LogP contribution in [0.5, 0.6) is 5.75 Å². The molecule has 19 heavy (non-hydrogen) atoms. The number of nitrogens with two attached hydrogens (primary N) is 1. The lowest BCUT2D eigenvalue weighted by molar-refractivity contribution is 0.0985. The molecule has 0 aliphatic rings. The van der Waals surface area contributed by atoms with Crippen LogP contribution < -0.4 is 9.88 Å². The molecule has 0 bridgehead atoms. The van der Waals surface area contributed by atoms with Crippen LogP contribution >= 0.6 is 0 Å². The molecule has 0 aliphatic heterocycles. The van der Waals surface area contributed by atoms with Crippen LogP contribution in [0, 0.1) is 0 Å². The predicted octanol–water partition coefficient (Wildman–Crippen LogP) is 1.72. The maximum Gasteiger partial charge on any atom is 0.219 e. The second-order valence-corrected chi connectivity index (χ2v) is 6.29. The number of Topliss-reactive ketones (excluding diaryl/α,β-unsaturated/α-hetero) is 1. The quantitative estimate of drug-likeness (QED) is 0.806. The Hall–Kier alpha value is -1.40. The fourth-order valence-electron chi connectivity index (χ4n) is 1.72. The molecule has 0 saturated heterocycles. The van der Waals surface area contributed by atoms with E-state index in [1.54, 1.807) is 31.2 Å². The van der Waals surface area contributed by atoms with Gasteiger partial charge in [0, 0.05) is 5.56 Å². The van der Waals surface area contributed by atoms with E-state index in [1.165, 1.54) is 0 Å². The van der Waals surface area contributed by atoms with E-state index >= 15 is 0 Å². The second kappa shape index (κ2) is 6.16. The Kier molecular flexibility index (Phi) is 5.08. The number of hydrogen-bond acceptors (Lipinski definition) is 4. The monoisotopic (exact) mass is 285 g/mol. The van der Waals surface area contributed by atoms with Gasteiger partial charge in [-0.3, -0.25) is 4.79 Å². The maximum absolute atomic E-state index is 12.1. The topological polar surface area (TPSA) is 86.5 Å². The third-order valence-corrected chi connectivity index (χ3v) is 3.91. The molecule has 1 aromatic rings. The summed E-state index contributed by atoms with van der Waals surface area (Å²) in [5.41, 5.74) is 0.317. The summed E-state index contributed by atoms with van der Waals surface area (Å²) < 4.78 is 28.1. The summed E-state index contributed by atoms with van der Waals surface area (Å²) in [6, 6.07) is 6.38. The highest BCUT2D eigenvalue weighted by Crippen LogP contribution is 2.17. The third kappa shape index (κ3) is 4.33. The molecule has 6 heteroatoms. The number of carbonyl (C=O) groups is 1. The zero-order chi connectivity index (χ0) is 14.6. The number of hydrogen-bond donors (Lipinski definition) is 1. The number of ether oxygens (including phenoxy) is 1. The standard InChI is InChI=1S/C13H19NO4S/c1-4-12(19(14,16)17)13(15)10-5-7-11(8-6-10)18-9(2)3/h5-9,12H,4H2,1-3H3,(H2,14,16,17). The van der Waals surface area contributed by atoms with Gasteiger partial charge in [0.05, 0.1) is 6.10 Å². The fourth-order valence-corrected chi connectivity index (χ4v) is 2.62. The van der Waals surface area contributed by atoms with Crippen molar-refractivity contribution in [3.8, 4) is 5.75 Å². The number of rotatable bonds is 6. The van der Waals surface area contributed by atoms with E-state index in [1.807, 2.05) is 13.8 Å². The van der Waals surface area contributed by atoms with Gasteiger partial charge in [0.15, 0.2) is 5.78 Å². The van der Waals surface area contributed by atoms with Crippen molar-refractivity contribution in [2.45, 2.75) is 38.5 Å². The summed E-state index contributed by atoms with van der Waals surface area (Å²) in [7, 11) is -3.87. The summed E-state index contributed by atoms with van der Waals surface area (Å²) >= 11 is 0. The average molecular weight is 285 g/mol. The van der Waals surface area contributed by atoms with E-state index in [2.05, 4.69) is 0 Å². The normalized spacial score (nSPS) is 13.3. The SMILES string of the molecule is CCC(C(=O)c1ccc(OC(C)C)cc1)S(N)(=O)=O. The number of benzene rings is 1. The van der Waals surface area contributed by atoms with Gasteiger partial charge >= 0.3 is 0 Å². The number of ketones is 1. The molecule has 1 rings (SSSR count). The Bertz CT molecular complexity index is 534. The lowest BCUT2D eigenvalue weighted by Crippen LogP contribution is -2.35. The van der Waals surface area contributed by atoms with Crippen LogP contribution in [-0.2, 0) is 10.0 Å². The molecule has 0 amide bonds. The zero-order valence-electron chi connectivity index (χ0n) is 11.3. The molecule has 5 nitrogen and oxygen atoms in total. The molecule has 0 saturated carbocycles. The van der Waals surface area contributed by atoms with Gasteiger partial charge in [0.1, 0.15) is 11.0 Å². The van der Waals surface area contributed by atoms with Crippen LogP contribution in [0.15, 0.2) is 24.3 Å². The molecule has 1 aromatic carbocycles. The van der Waals surface area contributed by atoms with Crippen LogP contribution in [-0.4, -0.2) is 25.6 Å². The van der Waals surface area contributed by atoms with E-state index in [-0.39, 0.29) is 12.5 Å². The zero-order valence-corrected chi connectivity index (χ0v) is 12.1. The van der Waals surface area contributed by atoms with Gasteiger partial charge in [-0.1, -0.05) is 6.92 Å². The molecular weight excluding hydrogens is 266 g/mol. The van der Waals surface area contributed by atoms with E-state index in [9.17, 15) is 13.2 Å². The molecular formula is C13H19NO4S. The molecule has 106 valence electrons. The largest absolute Gasteiger partial charge is 0.491 e. The first-order chi connectivity index (χ1) is 8.75. The summed E-state index contributed by atoms with van der Waals surface area (Å²) in [4.78, 5) is 12.1. The fraction of sp³-hybridized carbons (Fsp3) is 0.462. The van der Waals surface area contributed by atoms with Gasteiger partial charge < -0.3 is 4.74 Å². The van der Waals surface area contributed by atoms with Crippen molar-refractivity contribution < 1.29 is 17.9 Å². The van der Waals surface area contributed by atoms with Crippen LogP contribution in [0.2, 0.25) is 0 Å². The molecule has 1 unspecified atom stereocenters. The first-order valence-corrected chi connectivity index (χ1v) is 7.69. The van der Waals surface area contributed by atoms with Gasteiger partial charge in [-0.05, 0) is 44.5 Å². The minimum atomic E-state index is -3.87. The summed E-state index contributed by atoms with van der Waals surface area (Å²) in [5.74, 6) is 0.149. The Labute approximate surface area is 113 Å². The van der Waals surface area contributed by atoms with Gasteiger partial charge in [-0.15, -0.1) is 0 Å². The lowest BCUT2D eigenvalue weighted by atomic mass is 10.1. The van der Waals surface area contributed by atoms with Gasteiger partial charge in [0.25, 0.3) is 0 Å². The highest BCUT2D eigenvalue weighted by molar-refractivity contribution is 7.90. The van der Waals surface area contributed by atoms with Crippen LogP contribution in [0.3, 0.4) is 0 Å². The average Bonchev–Trinajstić information content (AvgIpc) is 2.28. The lowest BCUT2D eigenvalue weighted by Gasteiger charge is -2.13. The van der Waals surface area contributed by atoms with Crippen molar-refractivity contribution in [2.24, 2.45) is 5.14 Å². The second-order valence-electron chi connectivity index (χ2n) is 4.54. The highest BCUT2D eigenvalue weighted by atomic mass is 32.2. The van der Waals surface area contributed by atoms with Crippen molar-refractivity contribution in [1.29, 1.82) is 0 Å². The Morgan fingerprint density at radius 2 is 1.79 bits per heavy atom. The minimum Gasteiger partial charge on any atom is -0.491 e. The Morgan fingerprint density at radius 1 is 1.26 bits per heavy atom. The van der Waals surface area contributed by atoms with Crippen LogP contribution in [0.4, 0.5) is 0 Å². The molecule has 0 spiro atoms. The van der Waals surface area contributed by atoms with Crippen molar-refractivity contribution in [1.82, 2.24) is 0 Å². The van der Waals surface area contributed by atoms with Crippen molar-refractivity contribution >= 4 is 15.8 Å². The number of sulfonamides is 1. The highest BCUT2D eigenvalue weighted by Gasteiger charge is 2.28. The smallest absolute Gasteiger partial charge is 0.219 e. The van der Waals surface area contributed by atoms with E-state index in [0.717, 1.165) is 0 Å². The first kappa shape index (κ1) is 15.7. The van der Waals surface area contributed by atoms with Crippen molar-refractivity contribution in [3.05, 3.63) is 29.8 Å². The Balaban J connectivity index is 2.94. The molecule has 0 aromatic heterocycles. The maximum atomic E-state index is 12.1. The molecule has 0 radical (unpaired) electrons. The summed E-state index contributed by atoms with van der Waals surface area (Å²) in [6.45, 7) is 5.41. The molecule has 0 aliphatic carbocycles. The van der Waals surface area contributed by atoms with Gasteiger partial charge in [0.2, 0.25) is 10.0 Å². The summed E-state index contributed by atoms with van der Waals surface area (Å²) in [6.07, 6.45) is 0.191. The van der Waals surface area contributed by atoms with Crippen molar-refractivity contribution in [2.75, 3.05) is 0 Å². The van der Waals surface area contributed by atoms with Crippen molar-refractivity contribution in [3.63, 3.8) is 0 Å². The molecule has 1 atom stereocenters. The molecule has 2 N–H and O–H groups in total. The van der Waals surface area contributed by atoms with Crippen LogP contribution in [0.25, 0.3) is 0 Å². The summed E-state index contributed by atoms with van der Waals surface area (Å²) in [5, 5.41) is 3.86. The van der Waals surface area contributed by atoms with E-state index in [4.69, 9.17) is 9.88 Å². The molecule has 0 heterocycles. The van der Waals surface area contributed by atoms with Gasteiger partial charge in [-0.25, -0.2) is 13.6 Å².